The molecule has 0 bridgehead atoms. The molecule has 1 N–H and O–H groups in total. The number of aromatic nitrogens is 3. The predicted molar refractivity (Wildman–Crippen MR) is 71.5 cm³/mol. The fourth-order valence-electron chi connectivity index (χ4n) is 2.22. The summed E-state index contributed by atoms with van der Waals surface area (Å²) in [5.74, 6) is -0.540. The van der Waals surface area contributed by atoms with Gasteiger partial charge in [0.1, 0.15) is 0 Å². The van der Waals surface area contributed by atoms with Gasteiger partial charge in [0.2, 0.25) is 11.9 Å². The predicted octanol–water partition coefficient (Wildman–Crippen LogP) is 2.09. The van der Waals surface area contributed by atoms with Crippen molar-refractivity contribution >= 4 is 11.9 Å². The Hall–Kier alpha value is -1.80. The van der Waals surface area contributed by atoms with Crippen LogP contribution in [0.1, 0.15) is 19.8 Å². The van der Waals surface area contributed by atoms with Crippen LogP contribution in [0.5, 0.6) is 6.01 Å². The van der Waals surface area contributed by atoms with Crippen LogP contribution >= 0.6 is 0 Å². The molecule has 9 heteroatoms. The molecule has 1 saturated heterocycles. The number of piperidine rings is 1. The van der Waals surface area contributed by atoms with Gasteiger partial charge in [0, 0.05) is 19.6 Å². The second-order valence-electron chi connectivity index (χ2n) is 4.78. The molecule has 0 spiro atoms. The van der Waals surface area contributed by atoms with E-state index in [1.807, 2.05) is 6.92 Å². The van der Waals surface area contributed by atoms with Gasteiger partial charge in [-0.05, 0) is 19.8 Å². The Balaban J connectivity index is 2.10. The minimum absolute atomic E-state index is 0.0496. The molecule has 0 amide bonds. The van der Waals surface area contributed by atoms with Gasteiger partial charge < -0.3 is 15.0 Å². The van der Waals surface area contributed by atoms with Crippen LogP contribution < -0.4 is 15.0 Å². The SMILES string of the molecule is CCNc1nc(OC)nc(N2CCC(C(F)(F)F)CC2)n1. The molecule has 21 heavy (non-hydrogen) atoms. The van der Waals surface area contributed by atoms with Gasteiger partial charge in [-0.15, -0.1) is 0 Å². The van der Waals surface area contributed by atoms with Gasteiger partial charge in [-0.25, -0.2) is 0 Å². The van der Waals surface area contributed by atoms with Crippen molar-refractivity contribution < 1.29 is 17.9 Å². The molecule has 0 aromatic carbocycles. The van der Waals surface area contributed by atoms with E-state index in [2.05, 4.69) is 20.3 Å². The van der Waals surface area contributed by atoms with Crippen molar-refractivity contribution in [2.45, 2.75) is 25.9 Å². The summed E-state index contributed by atoms with van der Waals surface area (Å²) >= 11 is 0. The Morgan fingerprint density at radius 2 is 1.90 bits per heavy atom. The first-order valence-corrected chi connectivity index (χ1v) is 6.79. The number of rotatable bonds is 4. The number of alkyl halides is 3. The van der Waals surface area contributed by atoms with Gasteiger partial charge in [0.15, 0.2) is 0 Å². The standard InChI is InChI=1S/C12H18F3N5O/c1-3-16-9-17-10(19-11(18-9)21-2)20-6-4-8(5-7-20)12(13,14)15/h8H,3-7H2,1-2H3,(H,16,17,18,19). The molecular weight excluding hydrogens is 287 g/mol. The van der Waals surface area contributed by atoms with Crippen molar-refractivity contribution in [3.63, 3.8) is 0 Å². The molecule has 0 saturated carbocycles. The van der Waals surface area contributed by atoms with Crippen LogP contribution in [-0.4, -0.2) is 47.9 Å². The third-order valence-electron chi connectivity index (χ3n) is 3.36. The van der Waals surface area contributed by atoms with Crippen molar-refractivity contribution in [3.8, 4) is 6.01 Å². The summed E-state index contributed by atoms with van der Waals surface area (Å²) in [6.45, 7) is 3.05. The van der Waals surface area contributed by atoms with Crippen molar-refractivity contribution in [1.29, 1.82) is 0 Å². The summed E-state index contributed by atoms with van der Waals surface area (Å²) in [5.41, 5.74) is 0. The summed E-state index contributed by atoms with van der Waals surface area (Å²) in [6, 6.07) is 0.147. The minimum Gasteiger partial charge on any atom is -0.467 e. The van der Waals surface area contributed by atoms with E-state index >= 15 is 0 Å². The van der Waals surface area contributed by atoms with E-state index < -0.39 is 12.1 Å². The average molecular weight is 305 g/mol. The molecule has 0 atom stereocenters. The van der Waals surface area contributed by atoms with E-state index in [1.165, 1.54) is 7.11 Å². The molecule has 2 rings (SSSR count). The van der Waals surface area contributed by atoms with Crippen LogP contribution in [0.2, 0.25) is 0 Å². The molecule has 0 aliphatic carbocycles. The van der Waals surface area contributed by atoms with E-state index in [-0.39, 0.29) is 31.9 Å². The topological polar surface area (TPSA) is 63.2 Å². The van der Waals surface area contributed by atoms with E-state index in [9.17, 15) is 13.2 Å². The molecular formula is C12H18F3N5O. The number of halogens is 3. The van der Waals surface area contributed by atoms with E-state index in [0.29, 0.717) is 18.4 Å². The van der Waals surface area contributed by atoms with Crippen molar-refractivity contribution in [2.75, 3.05) is 37.0 Å². The Kier molecular flexibility index (Phi) is 4.69. The largest absolute Gasteiger partial charge is 0.467 e. The highest BCUT2D eigenvalue weighted by atomic mass is 19.4. The Morgan fingerprint density at radius 3 is 2.43 bits per heavy atom. The summed E-state index contributed by atoms with van der Waals surface area (Å²) in [6.07, 6.45) is -4.03. The first-order valence-electron chi connectivity index (χ1n) is 6.79. The molecule has 6 nitrogen and oxygen atoms in total. The fraction of sp³-hybridized carbons (Fsp3) is 0.750. The minimum atomic E-state index is -4.13. The number of methoxy groups -OCH3 is 1. The van der Waals surface area contributed by atoms with Crippen molar-refractivity contribution in [1.82, 2.24) is 15.0 Å². The van der Waals surface area contributed by atoms with Crippen LogP contribution in [0.3, 0.4) is 0 Å². The van der Waals surface area contributed by atoms with Gasteiger partial charge in [-0.2, -0.15) is 28.1 Å². The summed E-state index contributed by atoms with van der Waals surface area (Å²) in [7, 11) is 1.44. The molecule has 1 aromatic rings. The fourth-order valence-corrected chi connectivity index (χ4v) is 2.22. The molecule has 1 aromatic heterocycles. The lowest BCUT2D eigenvalue weighted by molar-refractivity contribution is -0.179. The second-order valence-corrected chi connectivity index (χ2v) is 4.78. The van der Waals surface area contributed by atoms with Crippen LogP contribution in [0.15, 0.2) is 0 Å². The Bertz CT molecular complexity index is 474. The number of ether oxygens (including phenoxy) is 1. The smallest absolute Gasteiger partial charge is 0.391 e. The average Bonchev–Trinajstić information content (AvgIpc) is 2.46. The van der Waals surface area contributed by atoms with Crippen LogP contribution in [0, 0.1) is 5.92 Å². The molecule has 0 radical (unpaired) electrons. The zero-order valence-corrected chi connectivity index (χ0v) is 11.9. The van der Waals surface area contributed by atoms with Crippen LogP contribution in [0.4, 0.5) is 25.1 Å². The number of hydrogen-bond donors (Lipinski definition) is 1. The number of nitrogens with zero attached hydrogens (tertiary/aromatic N) is 4. The third-order valence-corrected chi connectivity index (χ3v) is 3.36. The lowest BCUT2D eigenvalue weighted by Gasteiger charge is -2.32. The maximum absolute atomic E-state index is 12.7. The Morgan fingerprint density at radius 1 is 1.24 bits per heavy atom. The quantitative estimate of drug-likeness (QED) is 0.919. The normalized spacial score (nSPS) is 16.9. The summed E-state index contributed by atoms with van der Waals surface area (Å²) < 4.78 is 43.0. The maximum Gasteiger partial charge on any atom is 0.391 e. The lowest BCUT2D eigenvalue weighted by atomic mass is 9.96. The van der Waals surface area contributed by atoms with Gasteiger partial charge in [0.25, 0.3) is 0 Å². The molecule has 118 valence electrons. The lowest BCUT2D eigenvalue weighted by Crippen LogP contribution is -2.39. The zero-order valence-electron chi connectivity index (χ0n) is 11.9. The molecule has 1 fully saturated rings. The van der Waals surface area contributed by atoms with Gasteiger partial charge in [-0.1, -0.05) is 0 Å². The van der Waals surface area contributed by atoms with Crippen molar-refractivity contribution in [3.05, 3.63) is 0 Å². The van der Waals surface area contributed by atoms with Gasteiger partial charge in [-0.3, -0.25) is 0 Å². The van der Waals surface area contributed by atoms with Crippen LogP contribution in [-0.2, 0) is 0 Å². The van der Waals surface area contributed by atoms with Crippen molar-refractivity contribution in [2.24, 2.45) is 5.92 Å². The highest BCUT2D eigenvalue weighted by Gasteiger charge is 2.41. The molecule has 0 unspecified atom stereocenters. The third kappa shape index (κ3) is 3.85. The van der Waals surface area contributed by atoms with Gasteiger partial charge in [0.05, 0.1) is 13.0 Å². The number of nitrogens with one attached hydrogen (secondary N) is 1. The Labute approximate surface area is 120 Å². The maximum atomic E-state index is 12.7. The highest BCUT2D eigenvalue weighted by Crippen LogP contribution is 2.34. The second kappa shape index (κ2) is 6.31. The first kappa shape index (κ1) is 15.6. The van der Waals surface area contributed by atoms with Crippen LogP contribution in [0.25, 0.3) is 0 Å². The summed E-state index contributed by atoms with van der Waals surface area (Å²) in [4.78, 5) is 14.1. The molecule has 1 aliphatic heterocycles. The van der Waals surface area contributed by atoms with E-state index in [4.69, 9.17) is 4.74 Å². The number of anilines is 2. The number of hydrogen-bond acceptors (Lipinski definition) is 6. The summed E-state index contributed by atoms with van der Waals surface area (Å²) in [5, 5.41) is 2.95. The highest BCUT2D eigenvalue weighted by molar-refractivity contribution is 5.38. The molecule has 2 heterocycles. The first-order chi connectivity index (χ1) is 9.94. The van der Waals surface area contributed by atoms with Gasteiger partial charge >= 0.3 is 12.2 Å². The zero-order chi connectivity index (χ0) is 15.5. The van der Waals surface area contributed by atoms with E-state index in [0.717, 1.165) is 0 Å². The monoisotopic (exact) mass is 305 g/mol. The van der Waals surface area contributed by atoms with E-state index in [1.54, 1.807) is 4.90 Å². The molecule has 1 aliphatic rings.